The lowest BCUT2D eigenvalue weighted by molar-refractivity contribution is 0.173. The van der Waals surface area contributed by atoms with Crippen molar-refractivity contribution < 1.29 is 23.7 Å². The van der Waals surface area contributed by atoms with Gasteiger partial charge in [-0.2, -0.15) is 0 Å². The molecule has 0 atom stereocenters. The van der Waals surface area contributed by atoms with E-state index in [4.69, 9.17) is 23.7 Å². The van der Waals surface area contributed by atoms with Crippen molar-refractivity contribution in [2.75, 3.05) is 20.7 Å². The van der Waals surface area contributed by atoms with Crippen molar-refractivity contribution in [3.05, 3.63) is 45.4 Å². The van der Waals surface area contributed by atoms with Crippen molar-refractivity contribution >= 4 is 37.9 Å². The molecule has 2 aliphatic rings. The second-order valence-electron chi connectivity index (χ2n) is 4.77. The fourth-order valence-corrected chi connectivity index (χ4v) is 2.66. The number of halogens is 2. The topological polar surface area (TPSA) is 46.2 Å². The van der Waals surface area contributed by atoms with Gasteiger partial charge >= 0.3 is 0 Å². The van der Waals surface area contributed by atoms with E-state index in [0.717, 1.165) is 37.7 Å². The predicted octanol–water partition coefficient (Wildman–Crippen LogP) is 4.93. The van der Waals surface area contributed by atoms with Gasteiger partial charge in [-0.05, 0) is 67.8 Å². The summed E-state index contributed by atoms with van der Waals surface area (Å²) >= 11 is 6.59. The van der Waals surface area contributed by atoms with Crippen LogP contribution in [-0.4, -0.2) is 20.7 Å². The summed E-state index contributed by atoms with van der Waals surface area (Å²) in [6.07, 6.45) is 1.95. The first kappa shape index (κ1) is 17.0. The van der Waals surface area contributed by atoms with Gasteiger partial charge in [-0.25, -0.2) is 0 Å². The number of ether oxygens (including phenoxy) is 5. The van der Waals surface area contributed by atoms with Gasteiger partial charge in [-0.15, -0.1) is 0 Å². The fourth-order valence-electron chi connectivity index (χ4n) is 2.13. The molecule has 2 heterocycles. The van der Waals surface area contributed by atoms with Crippen molar-refractivity contribution in [1.82, 2.24) is 0 Å². The van der Waals surface area contributed by atoms with Gasteiger partial charge in [0.2, 0.25) is 13.6 Å². The van der Waals surface area contributed by atoms with E-state index in [1.54, 1.807) is 7.11 Å². The minimum atomic E-state index is 0.308. The van der Waals surface area contributed by atoms with E-state index in [-0.39, 0.29) is 0 Å². The van der Waals surface area contributed by atoms with E-state index >= 15 is 0 Å². The van der Waals surface area contributed by atoms with Crippen LogP contribution in [-0.2, 0) is 0 Å². The molecule has 2 aliphatic heterocycles. The Hall–Kier alpha value is -1.86. The molecule has 0 radical (unpaired) electrons. The van der Waals surface area contributed by atoms with Crippen molar-refractivity contribution in [3.8, 4) is 28.7 Å². The van der Waals surface area contributed by atoms with Gasteiger partial charge in [-0.3, -0.25) is 0 Å². The summed E-state index contributed by atoms with van der Waals surface area (Å²) in [5, 5.41) is 0. The lowest BCUT2D eigenvalue weighted by atomic mass is 10.2. The molecule has 0 unspecified atom stereocenters. The standard InChI is InChI=1S/C9H6Br2O2.C8H8O3/c10-9(11)4-6-1-2-7-8(3-6)13-5-12-7;1-9-6-2-3-7-8(4-6)11-5-10-7/h1-4H,5H2;2-4H,5H2,1H3. The molecule has 2 aromatic carbocycles. The van der Waals surface area contributed by atoms with Gasteiger partial charge in [0.25, 0.3) is 0 Å². The Morgan fingerprint density at radius 3 is 2.08 bits per heavy atom. The highest BCUT2D eigenvalue weighted by molar-refractivity contribution is 9.28. The SMILES string of the molecule is BrC(Br)=Cc1ccc2c(c1)OCO2.COc1ccc2c(c1)OCO2. The summed E-state index contributed by atoms with van der Waals surface area (Å²) in [7, 11) is 1.62. The van der Waals surface area contributed by atoms with Crippen LogP contribution >= 0.6 is 31.9 Å². The van der Waals surface area contributed by atoms with Crippen LogP contribution < -0.4 is 23.7 Å². The monoisotopic (exact) mass is 456 g/mol. The largest absolute Gasteiger partial charge is 0.497 e. The molecule has 0 amide bonds. The molecule has 0 saturated heterocycles. The molecule has 0 saturated carbocycles. The minimum Gasteiger partial charge on any atom is -0.497 e. The van der Waals surface area contributed by atoms with E-state index in [1.807, 2.05) is 42.5 Å². The van der Waals surface area contributed by atoms with E-state index in [1.165, 1.54) is 0 Å². The van der Waals surface area contributed by atoms with E-state index < -0.39 is 0 Å². The zero-order chi connectivity index (χ0) is 16.9. The van der Waals surface area contributed by atoms with Crippen LogP contribution in [0.5, 0.6) is 28.7 Å². The summed E-state index contributed by atoms with van der Waals surface area (Å²) in [5.41, 5.74) is 1.06. The quantitative estimate of drug-likeness (QED) is 0.639. The van der Waals surface area contributed by atoms with Crippen molar-refractivity contribution in [2.24, 2.45) is 0 Å². The van der Waals surface area contributed by atoms with Crippen molar-refractivity contribution in [1.29, 1.82) is 0 Å². The molecule has 0 bridgehead atoms. The zero-order valence-electron chi connectivity index (χ0n) is 12.8. The zero-order valence-corrected chi connectivity index (χ0v) is 15.9. The number of rotatable bonds is 2. The maximum absolute atomic E-state index is 5.24. The average Bonchev–Trinajstić information content (AvgIpc) is 3.22. The minimum absolute atomic E-state index is 0.308. The number of hydrogen-bond donors (Lipinski definition) is 0. The van der Waals surface area contributed by atoms with Crippen molar-refractivity contribution in [3.63, 3.8) is 0 Å². The fraction of sp³-hybridized carbons (Fsp3) is 0.176. The van der Waals surface area contributed by atoms with Gasteiger partial charge in [0.15, 0.2) is 23.0 Å². The second kappa shape index (κ2) is 7.81. The number of fused-ring (bicyclic) bond motifs is 2. The Bertz CT molecular complexity index is 757. The molecular weight excluding hydrogens is 444 g/mol. The predicted molar refractivity (Wildman–Crippen MR) is 97.5 cm³/mol. The van der Waals surface area contributed by atoms with Gasteiger partial charge in [0.1, 0.15) is 5.75 Å². The molecule has 7 heteroatoms. The highest BCUT2D eigenvalue weighted by Gasteiger charge is 2.13. The Labute approximate surface area is 156 Å². The third-order valence-electron chi connectivity index (χ3n) is 3.25. The van der Waals surface area contributed by atoms with Crippen LogP contribution in [0.2, 0.25) is 0 Å². The molecular formula is C17H14Br2O5. The molecule has 5 nitrogen and oxygen atoms in total. The Balaban J connectivity index is 0.000000143. The Morgan fingerprint density at radius 1 is 0.875 bits per heavy atom. The molecule has 0 spiro atoms. The average molecular weight is 458 g/mol. The Kier molecular flexibility index (Phi) is 5.52. The summed E-state index contributed by atoms with van der Waals surface area (Å²) in [4.78, 5) is 0. The summed E-state index contributed by atoms with van der Waals surface area (Å²) in [6.45, 7) is 0.625. The Morgan fingerprint density at radius 2 is 1.46 bits per heavy atom. The van der Waals surface area contributed by atoms with E-state index in [9.17, 15) is 0 Å². The maximum atomic E-state index is 5.24. The highest BCUT2D eigenvalue weighted by atomic mass is 79.9. The molecule has 24 heavy (non-hydrogen) atoms. The van der Waals surface area contributed by atoms with Crippen molar-refractivity contribution in [2.45, 2.75) is 0 Å². The molecule has 0 N–H and O–H groups in total. The lowest BCUT2D eigenvalue weighted by Crippen LogP contribution is -1.92. The molecule has 4 rings (SSSR count). The number of hydrogen-bond acceptors (Lipinski definition) is 5. The molecule has 2 aromatic rings. The van der Waals surface area contributed by atoms with Crippen LogP contribution in [0, 0.1) is 0 Å². The second-order valence-corrected chi connectivity index (χ2v) is 7.54. The normalized spacial score (nSPS) is 13.0. The maximum Gasteiger partial charge on any atom is 0.231 e. The summed E-state index contributed by atoms with van der Waals surface area (Å²) in [6, 6.07) is 11.3. The summed E-state index contributed by atoms with van der Waals surface area (Å²) < 4.78 is 26.6. The molecule has 0 fully saturated rings. The van der Waals surface area contributed by atoms with Gasteiger partial charge in [0.05, 0.1) is 10.5 Å². The van der Waals surface area contributed by atoms with Gasteiger partial charge in [0, 0.05) is 6.07 Å². The van der Waals surface area contributed by atoms with Crippen LogP contribution in [0.3, 0.4) is 0 Å². The smallest absolute Gasteiger partial charge is 0.231 e. The van der Waals surface area contributed by atoms with Crippen LogP contribution in [0.4, 0.5) is 0 Å². The highest BCUT2D eigenvalue weighted by Crippen LogP contribution is 2.35. The lowest BCUT2D eigenvalue weighted by Gasteiger charge is -1.99. The van der Waals surface area contributed by atoms with Crippen LogP contribution in [0.1, 0.15) is 5.56 Å². The van der Waals surface area contributed by atoms with Gasteiger partial charge < -0.3 is 23.7 Å². The molecule has 126 valence electrons. The van der Waals surface area contributed by atoms with E-state index in [0.29, 0.717) is 13.6 Å². The first-order chi connectivity index (χ1) is 11.7. The van der Waals surface area contributed by atoms with Crippen LogP contribution in [0.25, 0.3) is 6.08 Å². The third-order valence-corrected chi connectivity index (χ3v) is 3.71. The summed E-state index contributed by atoms with van der Waals surface area (Å²) in [5.74, 6) is 3.93. The number of benzene rings is 2. The molecule has 0 aliphatic carbocycles. The van der Waals surface area contributed by atoms with Crippen LogP contribution in [0.15, 0.2) is 39.8 Å². The van der Waals surface area contributed by atoms with Gasteiger partial charge in [-0.1, -0.05) is 6.07 Å². The van der Waals surface area contributed by atoms with E-state index in [2.05, 4.69) is 31.9 Å². The number of methoxy groups -OCH3 is 1. The first-order valence-corrected chi connectivity index (χ1v) is 8.60. The molecule has 0 aromatic heterocycles. The first-order valence-electron chi connectivity index (χ1n) is 7.01. The third kappa shape index (κ3) is 4.15.